The van der Waals surface area contributed by atoms with Gasteiger partial charge in [-0.1, -0.05) is 28.6 Å². The van der Waals surface area contributed by atoms with Crippen LogP contribution in [0.1, 0.15) is 5.56 Å². The molecule has 0 bridgehead atoms. The Hall–Kier alpha value is -0.720. The average Bonchev–Trinajstić information content (AvgIpc) is 2.23. The highest BCUT2D eigenvalue weighted by Crippen LogP contribution is 2.21. The molecule has 0 saturated carbocycles. The molecule has 1 rings (SSSR count). The van der Waals surface area contributed by atoms with Crippen molar-refractivity contribution in [2.24, 2.45) is 0 Å². The summed E-state index contributed by atoms with van der Waals surface area (Å²) in [5.74, 6) is -0.444. The first-order valence-electron chi connectivity index (χ1n) is 4.40. The maximum atomic E-state index is 13.4. The van der Waals surface area contributed by atoms with E-state index in [0.29, 0.717) is 10.0 Å². The standard InChI is InChI=1S/C10H11BrFNO2S/c1-3-16(14,15)13(2)7-8-9(11)5-4-6-10(8)12/h3-6H,1,7H2,2H3. The normalized spacial score (nSPS) is 11.8. The Labute approximate surface area is 103 Å². The van der Waals surface area contributed by atoms with Crippen LogP contribution in [0.3, 0.4) is 0 Å². The molecule has 0 unspecified atom stereocenters. The summed E-state index contributed by atoms with van der Waals surface area (Å²) in [6.45, 7) is 3.16. The molecule has 88 valence electrons. The van der Waals surface area contributed by atoms with Gasteiger partial charge in [0.1, 0.15) is 5.82 Å². The predicted octanol–water partition coefficient (Wildman–Crippen LogP) is 2.49. The van der Waals surface area contributed by atoms with Crippen molar-refractivity contribution in [2.75, 3.05) is 7.05 Å². The summed E-state index contributed by atoms with van der Waals surface area (Å²) < 4.78 is 37.8. The summed E-state index contributed by atoms with van der Waals surface area (Å²) in [5, 5.41) is 0.835. The molecule has 0 aromatic heterocycles. The molecule has 0 aliphatic rings. The minimum Gasteiger partial charge on any atom is -0.208 e. The van der Waals surface area contributed by atoms with Gasteiger partial charge in [-0.2, -0.15) is 4.31 Å². The van der Waals surface area contributed by atoms with E-state index in [9.17, 15) is 12.8 Å². The van der Waals surface area contributed by atoms with Gasteiger partial charge in [0.15, 0.2) is 0 Å². The topological polar surface area (TPSA) is 37.4 Å². The fourth-order valence-corrected chi connectivity index (χ4v) is 2.15. The lowest BCUT2D eigenvalue weighted by atomic mass is 10.2. The summed E-state index contributed by atoms with van der Waals surface area (Å²) in [6.07, 6.45) is 0. The maximum absolute atomic E-state index is 13.4. The first-order chi connectivity index (χ1) is 7.38. The first-order valence-corrected chi connectivity index (χ1v) is 6.70. The minimum absolute atomic E-state index is 0.0401. The van der Waals surface area contributed by atoms with E-state index in [2.05, 4.69) is 22.5 Å². The number of sulfonamides is 1. The smallest absolute Gasteiger partial charge is 0.208 e. The third-order valence-electron chi connectivity index (χ3n) is 2.09. The van der Waals surface area contributed by atoms with Crippen LogP contribution in [0.5, 0.6) is 0 Å². The number of halogens is 2. The second-order valence-electron chi connectivity index (χ2n) is 3.17. The lowest BCUT2D eigenvalue weighted by Crippen LogP contribution is -2.24. The second kappa shape index (κ2) is 5.07. The van der Waals surface area contributed by atoms with Crippen LogP contribution < -0.4 is 0 Å². The van der Waals surface area contributed by atoms with E-state index in [0.717, 1.165) is 9.71 Å². The number of nitrogens with zero attached hydrogens (tertiary/aromatic N) is 1. The SMILES string of the molecule is C=CS(=O)(=O)N(C)Cc1c(F)cccc1Br. The van der Waals surface area contributed by atoms with Gasteiger partial charge in [-0.3, -0.25) is 0 Å². The van der Waals surface area contributed by atoms with Crippen molar-refractivity contribution in [2.45, 2.75) is 6.54 Å². The van der Waals surface area contributed by atoms with E-state index in [-0.39, 0.29) is 6.54 Å². The van der Waals surface area contributed by atoms with Gasteiger partial charge in [-0.25, -0.2) is 12.8 Å². The average molecular weight is 308 g/mol. The molecule has 0 aliphatic heterocycles. The van der Waals surface area contributed by atoms with Gasteiger partial charge in [-0.15, -0.1) is 0 Å². The number of hydrogen-bond donors (Lipinski definition) is 0. The molecule has 0 aliphatic carbocycles. The van der Waals surface area contributed by atoms with Crippen molar-refractivity contribution in [3.8, 4) is 0 Å². The van der Waals surface area contributed by atoms with Crippen LogP contribution >= 0.6 is 15.9 Å². The number of rotatable bonds is 4. The van der Waals surface area contributed by atoms with Gasteiger partial charge in [0, 0.05) is 29.0 Å². The maximum Gasteiger partial charge on any atom is 0.235 e. The Morgan fingerprint density at radius 3 is 2.69 bits per heavy atom. The molecule has 1 aromatic carbocycles. The lowest BCUT2D eigenvalue weighted by Gasteiger charge is -2.15. The van der Waals surface area contributed by atoms with Gasteiger partial charge in [0.2, 0.25) is 10.0 Å². The number of benzene rings is 1. The molecule has 0 fully saturated rings. The van der Waals surface area contributed by atoms with Crippen LogP contribution in [-0.4, -0.2) is 19.8 Å². The largest absolute Gasteiger partial charge is 0.235 e. The Kier molecular flexibility index (Phi) is 4.23. The van der Waals surface area contributed by atoms with Crippen molar-refractivity contribution in [1.82, 2.24) is 4.31 Å². The van der Waals surface area contributed by atoms with Crippen LogP contribution in [-0.2, 0) is 16.6 Å². The quantitative estimate of drug-likeness (QED) is 0.857. The first kappa shape index (κ1) is 13.3. The third kappa shape index (κ3) is 2.90. The van der Waals surface area contributed by atoms with Crippen molar-refractivity contribution in [3.05, 3.63) is 46.0 Å². The van der Waals surface area contributed by atoms with E-state index in [1.807, 2.05) is 0 Å². The lowest BCUT2D eigenvalue weighted by molar-refractivity contribution is 0.463. The van der Waals surface area contributed by atoms with Crippen LogP contribution in [0.4, 0.5) is 4.39 Å². The Bertz CT molecular complexity index is 481. The fourth-order valence-electron chi connectivity index (χ4n) is 1.12. The van der Waals surface area contributed by atoms with Crippen LogP contribution in [0.2, 0.25) is 0 Å². The summed E-state index contributed by atoms with van der Waals surface area (Å²) in [7, 11) is -2.15. The summed E-state index contributed by atoms with van der Waals surface area (Å²) in [4.78, 5) is 0. The van der Waals surface area contributed by atoms with Crippen molar-refractivity contribution < 1.29 is 12.8 Å². The van der Waals surface area contributed by atoms with Gasteiger partial charge in [-0.05, 0) is 12.1 Å². The van der Waals surface area contributed by atoms with Crippen molar-refractivity contribution in [3.63, 3.8) is 0 Å². The summed E-state index contributed by atoms with van der Waals surface area (Å²) in [5.41, 5.74) is 0.301. The molecule has 0 amide bonds. The molecule has 1 aromatic rings. The fraction of sp³-hybridized carbons (Fsp3) is 0.200. The van der Waals surface area contributed by atoms with Gasteiger partial charge in [0.25, 0.3) is 0 Å². The molecule has 0 spiro atoms. The van der Waals surface area contributed by atoms with E-state index in [1.165, 1.54) is 13.1 Å². The highest BCUT2D eigenvalue weighted by Gasteiger charge is 2.17. The molecule has 0 saturated heterocycles. The zero-order chi connectivity index (χ0) is 12.3. The minimum atomic E-state index is -3.52. The zero-order valence-corrected chi connectivity index (χ0v) is 11.1. The Morgan fingerprint density at radius 1 is 1.56 bits per heavy atom. The van der Waals surface area contributed by atoms with Gasteiger partial charge >= 0.3 is 0 Å². The van der Waals surface area contributed by atoms with Crippen molar-refractivity contribution in [1.29, 1.82) is 0 Å². The second-order valence-corrected chi connectivity index (χ2v) is 6.01. The van der Waals surface area contributed by atoms with Gasteiger partial charge in [0.05, 0.1) is 0 Å². The summed E-state index contributed by atoms with van der Waals surface area (Å²) >= 11 is 3.18. The van der Waals surface area contributed by atoms with Crippen LogP contribution in [0.25, 0.3) is 0 Å². The van der Waals surface area contributed by atoms with E-state index < -0.39 is 15.8 Å². The Morgan fingerprint density at radius 2 is 2.19 bits per heavy atom. The molecule has 0 N–H and O–H groups in total. The Balaban J connectivity index is 3.02. The highest BCUT2D eigenvalue weighted by atomic mass is 79.9. The van der Waals surface area contributed by atoms with E-state index in [1.54, 1.807) is 12.1 Å². The van der Waals surface area contributed by atoms with E-state index in [4.69, 9.17) is 0 Å². The summed E-state index contributed by atoms with van der Waals surface area (Å²) in [6, 6.07) is 4.49. The van der Waals surface area contributed by atoms with E-state index >= 15 is 0 Å². The molecular weight excluding hydrogens is 297 g/mol. The monoisotopic (exact) mass is 307 g/mol. The molecule has 0 radical (unpaired) electrons. The predicted molar refractivity (Wildman–Crippen MR) is 64.7 cm³/mol. The zero-order valence-electron chi connectivity index (χ0n) is 8.65. The molecular formula is C10H11BrFNO2S. The van der Waals surface area contributed by atoms with Crippen LogP contribution in [0, 0.1) is 5.82 Å². The van der Waals surface area contributed by atoms with Gasteiger partial charge < -0.3 is 0 Å². The molecule has 0 heterocycles. The molecule has 3 nitrogen and oxygen atoms in total. The van der Waals surface area contributed by atoms with Crippen molar-refractivity contribution >= 4 is 26.0 Å². The molecule has 16 heavy (non-hydrogen) atoms. The number of hydrogen-bond acceptors (Lipinski definition) is 2. The third-order valence-corrected chi connectivity index (χ3v) is 4.25. The molecule has 0 atom stereocenters. The van der Waals surface area contributed by atoms with Crippen LogP contribution in [0.15, 0.2) is 34.7 Å². The molecule has 6 heteroatoms. The highest BCUT2D eigenvalue weighted by molar-refractivity contribution is 9.10.